The van der Waals surface area contributed by atoms with Crippen LogP contribution in [0.2, 0.25) is 0 Å². The number of aromatic nitrogens is 2. The van der Waals surface area contributed by atoms with Gasteiger partial charge in [0.15, 0.2) is 0 Å². The first-order valence-corrected chi connectivity index (χ1v) is 8.43. The van der Waals surface area contributed by atoms with E-state index in [2.05, 4.69) is 24.0 Å². The number of hydrogen-bond donors (Lipinski definition) is 1. The summed E-state index contributed by atoms with van der Waals surface area (Å²) >= 11 is 3.48. The van der Waals surface area contributed by atoms with Crippen molar-refractivity contribution in [2.24, 2.45) is 0 Å². The fourth-order valence-electron chi connectivity index (χ4n) is 2.49. The van der Waals surface area contributed by atoms with Crippen LogP contribution in [0, 0.1) is 0 Å². The summed E-state index contributed by atoms with van der Waals surface area (Å²) in [7, 11) is 0. The molecule has 3 rings (SSSR count). The van der Waals surface area contributed by atoms with E-state index in [1.807, 2.05) is 34.9 Å². The lowest BCUT2D eigenvalue weighted by atomic mass is 10.3. The number of thiophene rings is 1. The Morgan fingerprint density at radius 3 is 2.70 bits per heavy atom. The highest BCUT2D eigenvalue weighted by molar-refractivity contribution is 8.00. The molecule has 2 aromatic heterocycles. The third-order valence-corrected chi connectivity index (χ3v) is 5.62. The van der Waals surface area contributed by atoms with Crippen LogP contribution in [0.1, 0.15) is 23.5 Å². The largest absolute Gasteiger partial charge is 0.336 e. The standard InChI is InChI=1S/C14H17N3OS2/c1-9-7-17(8-10(2)19-9)14(18)13-4-3-12(20-13)11-5-6-15-16-11/h3-6,9-10H,7-8H2,1-2H3,(H,15,16). The molecule has 2 aromatic rings. The molecule has 1 fully saturated rings. The monoisotopic (exact) mass is 307 g/mol. The molecule has 0 aliphatic carbocycles. The highest BCUT2D eigenvalue weighted by atomic mass is 32.2. The van der Waals surface area contributed by atoms with E-state index in [4.69, 9.17) is 0 Å². The molecule has 1 saturated heterocycles. The molecule has 2 atom stereocenters. The Morgan fingerprint density at radius 1 is 1.30 bits per heavy atom. The fourth-order valence-corrected chi connectivity index (χ4v) is 4.76. The van der Waals surface area contributed by atoms with Gasteiger partial charge >= 0.3 is 0 Å². The third-order valence-electron chi connectivity index (χ3n) is 3.29. The van der Waals surface area contributed by atoms with Gasteiger partial charge in [0.05, 0.1) is 15.4 Å². The second-order valence-corrected chi connectivity index (χ2v) is 8.07. The van der Waals surface area contributed by atoms with E-state index in [-0.39, 0.29) is 5.91 Å². The van der Waals surface area contributed by atoms with Crippen LogP contribution in [-0.2, 0) is 0 Å². The highest BCUT2D eigenvalue weighted by Gasteiger charge is 2.27. The van der Waals surface area contributed by atoms with Crippen molar-refractivity contribution in [3.8, 4) is 10.6 Å². The first-order valence-electron chi connectivity index (χ1n) is 6.68. The molecule has 20 heavy (non-hydrogen) atoms. The Morgan fingerprint density at radius 2 is 2.05 bits per heavy atom. The molecule has 4 nitrogen and oxygen atoms in total. The number of rotatable bonds is 2. The topological polar surface area (TPSA) is 49.0 Å². The van der Waals surface area contributed by atoms with Crippen LogP contribution >= 0.6 is 23.1 Å². The maximum Gasteiger partial charge on any atom is 0.264 e. The zero-order valence-electron chi connectivity index (χ0n) is 11.5. The van der Waals surface area contributed by atoms with E-state index in [9.17, 15) is 4.79 Å². The number of nitrogens with zero attached hydrogens (tertiary/aromatic N) is 2. The average molecular weight is 307 g/mol. The minimum Gasteiger partial charge on any atom is -0.336 e. The SMILES string of the molecule is CC1CN(C(=O)c2ccc(-c3ccn[nH]3)s2)CC(C)S1. The van der Waals surface area contributed by atoms with Gasteiger partial charge in [-0.1, -0.05) is 13.8 Å². The second kappa shape index (κ2) is 5.61. The number of carbonyl (C=O) groups is 1. The molecule has 1 aliphatic heterocycles. The Balaban J connectivity index is 1.77. The van der Waals surface area contributed by atoms with Crippen LogP contribution in [0.15, 0.2) is 24.4 Å². The van der Waals surface area contributed by atoms with E-state index in [0.29, 0.717) is 10.5 Å². The number of carbonyl (C=O) groups excluding carboxylic acids is 1. The minimum absolute atomic E-state index is 0.153. The van der Waals surface area contributed by atoms with Crippen molar-refractivity contribution < 1.29 is 4.79 Å². The van der Waals surface area contributed by atoms with Gasteiger partial charge in [-0.05, 0) is 18.2 Å². The van der Waals surface area contributed by atoms with E-state index < -0.39 is 0 Å². The predicted octanol–water partition coefficient (Wildman–Crippen LogP) is 3.10. The fraction of sp³-hybridized carbons (Fsp3) is 0.429. The molecule has 0 saturated carbocycles. The molecule has 0 radical (unpaired) electrons. The number of nitrogens with one attached hydrogen (secondary N) is 1. The summed E-state index contributed by atoms with van der Waals surface area (Å²) in [6.45, 7) is 6.05. The van der Waals surface area contributed by atoms with E-state index >= 15 is 0 Å². The number of amides is 1. The van der Waals surface area contributed by atoms with Crippen molar-refractivity contribution in [3.63, 3.8) is 0 Å². The Kier molecular flexibility index (Phi) is 3.85. The van der Waals surface area contributed by atoms with Gasteiger partial charge in [-0.3, -0.25) is 9.89 Å². The normalized spacial score (nSPS) is 23.0. The molecule has 106 valence electrons. The Labute approximate surface area is 126 Å². The van der Waals surface area contributed by atoms with Crippen molar-refractivity contribution in [1.29, 1.82) is 0 Å². The van der Waals surface area contributed by atoms with Crippen molar-refractivity contribution >= 4 is 29.0 Å². The number of aromatic amines is 1. The van der Waals surface area contributed by atoms with Gasteiger partial charge in [0.2, 0.25) is 0 Å². The van der Waals surface area contributed by atoms with Gasteiger partial charge in [-0.15, -0.1) is 11.3 Å². The summed E-state index contributed by atoms with van der Waals surface area (Å²) in [6, 6.07) is 5.82. The lowest BCUT2D eigenvalue weighted by molar-refractivity contribution is 0.0758. The lowest BCUT2D eigenvalue weighted by Gasteiger charge is -2.34. The van der Waals surface area contributed by atoms with E-state index in [1.54, 1.807) is 6.20 Å². The van der Waals surface area contributed by atoms with Crippen LogP contribution < -0.4 is 0 Å². The van der Waals surface area contributed by atoms with Crippen molar-refractivity contribution in [1.82, 2.24) is 15.1 Å². The van der Waals surface area contributed by atoms with Gasteiger partial charge in [0.1, 0.15) is 0 Å². The second-order valence-electron chi connectivity index (χ2n) is 5.10. The number of hydrogen-bond acceptors (Lipinski definition) is 4. The van der Waals surface area contributed by atoms with E-state index in [1.165, 1.54) is 11.3 Å². The minimum atomic E-state index is 0.153. The highest BCUT2D eigenvalue weighted by Crippen LogP contribution is 2.30. The molecule has 0 spiro atoms. The maximum atomic E-state index is 12.6. The predicted molar refractivity (Wildman–Crippen MR) is 84.3 cm³/mol. The van der Waals surface area contributed by atoms with Gasteiger partial charge in [-0.2, -0.15) is 16.9 Å². The third kappa shape index (κ3) is 2.76. The number of H-pyrrole nitrogens is 1. The van der Waals surface area contributed by atoms with Crippen LogP contribution in [0.4, 0.5) is 0 Å². The molecule has 1 N–H and O–H groups in total. The van der Waals surface area contributed by atoms with Crippen LogP contribution in [-0.4, -0.2) is 44.6 Å². The van der Waals surface area contributed by atoms with Gasteiger partial charge in [-0.25, -0.2) is 0 Å². The van der Waals surface area contributed by atoms with Gasteiger partial charge in [0, 0.05) is 29.8 Å². The van der Waals surface area contributed by atoms with Crippen LogP contribution in [0.5, 0.6) is 0 Å². The molecule has 3 heterocycles. The zero-order valence-corrected chi connectivity index (χ0v) is 13.1. The summed E-state index contributed by atoms with van der Waals surface area (Å²) in [5.41, 5.74) is 0.963. The lowest BCUT2D eigenvalue weighted by Crippen LogP contribution is -2.43. The van der Waals surface area contributed by atoms with Gasteiger partial charge < -0.3 is 4.90 Å². The summed E-state index contributed by atoms with van der Waals surface area (Å²) in [4.78, 5) is 16.4. The summed E-state index contributed by atoms with van der Waals surface area (Å²) < 4.78 is 0. The first kappa shape index (κ1) is 13.7. The average Bonchev–Trinajstić information content (AvgIpc) is 3.07. The first-order chi connectivity index (χ1) is 9.63. The summed E-state index contributed by atoms with van der Waals surface area (Å²) in [6.07, 6.45) is 1.72. The molecular formula is C14H17N3OS2. The van der Waals surface area contributed by atoms with Crippen molar-refractivity contribution in [2.45, 2.75) is 24.3 Å². The number of thioether (sulfide) groups is 1. The van der Waals surface area contributed by atoms with E-state index in [0.717, 1.165) is 28.5 Å². The maximum absolute atomic E-state index is 12.6. The molecule has 1 amide bonds. The molecule has 0 aromatic carbocycles. The molecule has 0 bridgehead atoms. The Bertz CT molecular complexity index is 583. The smallest absolute Gasteiger partial charge is 0.264 e. The zero-order chi connectivity index (χ0) is 14.1. The Hall–Kier alpha value is -1.27. The van der Waals surface area contributed by atoms with Crippen molar-refractivity contribution in [2.75, 3.05) is 13.1 Å². The molecule has 2 unspecified atom stereocenters. The van der Waals surface area contributed by atoms with Crippen LogP contribution in [0.3, 0.4) is 0 Å². The van der Waals surface area contributed by atoms with Crippen LogP contribution in [0.25, 0.3) is 10.6 Å². The van der Waals surface area contributed by atoms with Gasteiger partial charge in [0.25, 0.3) is 5.91 Å². The summed E-state index contributed by atoms with van der Waals surface area (Å²) in [5, 5.41) is 7.90. The molecule has 1 aliphatic rings. The van der Waals surface area contributed by atoms with Crippen molar-refractivity contribution in [3.05, 3.63) is 29.3 Å². The summed E-state index contributed by atoms with van der Waals surface area (Å²) in [5.74, 6) is 0.153. The molecule has 6 heteroatoms. The quantitative estimate of drug-likeness (QED) is 0.927. The molecular weight excluding hydrogens is 290 g/mol.